The van der Waals surface area contributed by atoms with E-state index in [2.05, 4.69) is 26.0 Å². The summed E-state index contributed by atoms with van der Waals surface area (Å²) in [7, 11) is 3.40. The fourth-order valence-electron chi connectivity index (χ4n) is 4.22. The number of amides is 1. The normalized spacial score (nSPS) is 24.1. The summed E-state index contributed by atoms with van der Waals surface area (Å²) in [6.07, 6.45) is 5.00. The molecule has 1 amide bonds. The van der Waals surface area contributed by atoms with Crippen LogP contribution < -0.4 is 21.5 Å². The van der Waals surface area contributed by atoms with E-state index in [9.17, 15) is 14.0 Å². The summed E-state index contributed by atoms with van der Waals surface area (Å²) < 4.78 is 22.1. The van der Waals surface area contributed by atoms with E-state index in [4.69, 9.17) is 4.74 Å². The van der Waals surface area contributed by atoms with Crippen LogP contribution >= 0.6 is 0 Å². The summed E-state index contributed by atoms with van der Waals surface area (Å²) in [6, 6.07) is 4.82. The number of fused-ring (bicyclic) bond motifs is 1. The minimum absolute atomic E-state index is 0.100. The zero-order chi connectivity index (χ0) is 23.1. The number of hydrogen-bond acceptors (Lipinski definition) is 7. The second-order valence-corrected chi connectivity index (χ2v) is 8.49. The molecule has 2 atom stereocenters. The van der Waals surface area contributed by atoms with Crippen LogP contribution in [0, 0.1) is 0 Å². The van der Waals surface area contributed by atoms with Crippen molar-refractivity contribution >= 4 is 28.9 Å². The number of methoxy groups -OCH3 is 1. The van der Waals surface area contributed by atoms with Crippen molar-refractivity contribution in [3.8, 4) is 0 Å². The van der Waals surface area contributed by atoms with Crippen LogP contribution in [0.4, 0.5) is 21.7 Å². The Kier molecular flexibility index (Phi) is 5.49. The van der Waals surface area contributed by atoms with Crippen LogP contribution in [-0.2, 0) is 4.74 Å². The first-order valence-electron chi connectivity index (χ1n) is 11.0. The molecule has 0 saturated heterocycles. The number of hydrogen-bond donors (Lipinski definition) is 3. The standard InChI is InChI=1S/C22H26FN7O3/c1-24-19-10-18(26-17-4-3-7-29(22(17)32)12-8-13(9-12)33-2)28-20-14(11-25-30(19)20)21(31)27-16-6-5-15(16)23/h3-4,7,10-13,15-16,24H,5-6,8-9H2,1-2H3,(H,26,28)(H,27,31)/t12-,13-,15-,16?/m1/s1. The van der Waals surface area contributed by atoms with Gasteiger partial charge in [0.25, 0.3) is 11.5 Å². The van der Waals surface area contributed by atoms with Gasteiger partial charge >= 0.3 is 0 Å². The number of nitrogens with one attached hydrogen (secondary N) is 3. The lowest BCUT2D eigenvalue weighted by molar-refractivity contribution is 0.00522. The van der Waals surface area contributed by atoms with Gasteiger partial charge in [-0.05, 0) is 37.8 Å². The Bertz CT molecular complexity index is 1250. The van der Waals surface area contributed by atoms with E-state index in [1.54, 1.807) is 37.1 Å². The van der Waals surface area contributed by atoms with E-state index < -0.39 is 18.1 Å². The van der Waals surface area contributed by atoms with Gasteiger partial charge in [0.05, 0.1) is 18.3 Å². The molecule has 174 valence electrons. The number of ether oxygens (including phenoxy) is 1. The first-order valence-corrected chi connectivity index (χ1v) is 11.0. The van der Waals surface area contributed by atoms with Gasteiger partial charge in [-0.2, -0.15) is 9.61 Å². The molecule has 0 aliphatic heterocycles. The van der Waals surface area contributed by atoms with Gasteiger partial charge in [-0.1, -0.05) is 0 Å². The van der Waals surface area contributed by atoms with Crippen molar-refractivity contribution in [1.82, 2.24) is 24.5 Å². The molecule has 2 fully saturated rings. The van der Waals surface area contributed by atoms with E-state index in [0.29, 0.717) is 35.8 Å². The smallest absolute Gasteiger partial charge is 0.274 e. The topological polar surface area (TPSA) is 115 Å². The van der Waals surface area contributed by atoms with Crippen molar-refractivity contribution in [1.29, 1.82) is 0 Å². The number of rotatable bonds is 7. The number of aromatic nitrogens is 4. The van der Waals surface area contributed by atoms with E-state index in [1.165, 1.54) is 10.7 Å². The Morgan fingerprint density at radius 2 is 2.12 bits per heavy atom. The third kappa shape index (κ3) is 3.82. The third-order valence-electron chi connectivity index (χ3n) is 6.51. The lowest BCUT2D eigenvalue weighted by Gasteiger charge is -2.35. The molecule has 0 aromatic carbocycles. The monoisotopic (exact) mass is 455 g/mol. The first kappa shape index (κ1) is 21.4. The quantitative estimate of drug-likeness (QED) is 0.501. The van der Waals surface area contributed by atoms with Gasteiger partial charge < -0.3 is 25.3 Å². The Morgan fingerprint density at radius 1 is 1.30 bits per heavy atom. The molecule has 1 unspecified atom stereocenters. The summed E-state index contributed by atoms with van der Waals surface area (Å²) in [5, 5.41) is 13.1. The minimum Gasteiger partial charge on any atom is -0.381 e. The van der Waals surface area contributed by atoms with Crippen LogP contribution in [0.1, 0.15) is 42.1 Å². The zero-order valence-electron chi connectivity index (χ0n) is 18.4. The maximum atomic E-state index is 13.6. The maximum absolute atomic E-state index is 13.6. The van der Waals surface area contributed by atoms with Gasteiger partial charge in [-0.25, -0.2) is 9.37 Å². The lowest BCUT2D eigenvalue weighted by atomic mass is 9.89. The molecule has 0 bridgehead atoms. The van der Waals surface area contributed by atoms with Crippen LogP contribution in [0.3, 0.4) is 0 Å². The average molecular weight is 455 g/mol. The Morgan fingerprint density at radius 3 is 2.79 bits per heavy atom. The molecule has 3 aromatic heterocycles. The molecular weight excluding hydrogens is 429 g/mol. The molecule has 11 heteroatoms. The number of pyridine rings is 1. The van der Waals surface area contributed by atoms with E-state index in [-0.39, 0.29) is 23.3 Å². The number of nitrogens with zero attached hydrogens (tertiary/aromatic N) is 4. The molecule has 3 aromatic rings. The zero-order valence-corrected chi connectivity index (χ0v) is 18.4. The summed E-state index contributed by atoms with van der Waals surface area (Å²) in [6.45, 7) is 0. The van der Waals surface area contributed by atoms with Crippen LogP contribution in [0.25, 0.3) is 5.65 Å². The number of carbonyl (C=O) groups excluding carboxylic acids is 1. The van der Waals surface area contributed by atoms with Crippen LogP contribution in [0.15, 0.2) is 35.4 Å². The highest BCUT2D eigenvalue weighted by Crippen LogP contribution is 2.33. The van der Waals surface area contributed by atoms with E-state index in [1.807, 2.05) is 6.07 Å². The Hall–Kier alpha value is -3.47. The van der Waals surface area contributed by atoms with Gasteiger partial charge in [-0.15, -0.1) is 0 Å². The average Bonchev–Trinajstić information content (AvgIpc) is 3.21. The van der Waals surface area contributed by atoms with Crippen LogP contribution in [0.5, 0.6) is 0 Å². The SMILES string of the molecule is CNc1cc(Nc2cccn([C@H]3C[C@H](OC)C3)c2=O)nc2c(C(=O)NC3CC[C@H]3F)cnn12. The highest BCUT2D eigenvalue weighted by atomic mass is 19.1. The molecule has 0 spiro atoms. The van der Waals surface area contributed by atoms with Gasteiger partial charge in [0, 0.05) is 32.5 Å². The van der Waals surface area contributed by atoms with Crippen molar-refractivity contribution in [2.75, 3.05) is 24.8 Å². The van der Waals surface area contributed by atoms with Gasteiger partial charge in [0.15, 0.2) is 5.65 Å². The molecule has 2 saturated carbocycles. The van der Waals surface area contributed by atoms with Crippen molar-refractivity contribution in [3.05, 3.63) is 46.5 Å². The summed E-state index contributed by atoms with van der Waals surface area (Å²) >= 11 is 0. The van der Waals surface area contributed by atoms with Crippen molar-refractivity contribution < 1.29 is 13.9 Å². The maximum Gasteiger partial charge on any atom is 0.274 e. The first-order chi connectivity index (χ1) is 16.0. The Labute approximate surface area is 189 Å². The predicted molar refractivity (Wildman–Crippen MR) is 121 cm³/mol. The largest absolute Gasteiger partial charge is 0.381 e. The fraction of sp³-hybridized carbons (Fsp3) is 0.455. The second kappa shape index (κ2) is 8.47. The summed E-state index contributed by atoms with van der Waals surface area (Å²) in [5.41, 5.74) is 0.752. The molecule has 10 nitrogen and oxygen atoms in total. The molecule has 2 aliphatic carbocycles. The molecule has 3 N–H and O–H groups in total. The van der Waals surface area contributed by atoms with Crippen molar-refractivity contribution in [2.45, 2.75) is 50.0 Å². The summed E-state index contributed by atoms with van der Waals surface area (Å²) in [5.74, 6) is 0.530. The van der Waals surface area contributed by atoms with Crippen molar-refractivity contribution in [3.63, 3.8) is 0 Å². The highest BCUT2D eigenvalue weighted by Gasteiger charge is 2.33. The third-order valence-corrected chi connectivity index (χ3v) is 6.51. The van der Waals surface area contributed by atoms with Crippen LogP contribution in [0.2, 0.25) is 0 Å². The van der Waals surface area contributed by atoms with Gasteiger partial charge in [-0.3, -0.25) is 9.59 Å². The van der Waals surface area contributed by atoms with Crippen molar-refractivity contribution in [2.24, 2.45) is 0 Å². The van der Waals surface area contributed by atoms with Gasteiger partial charge in [0.2, 0.25) is 0 Å². The van der Waals surface area contributed by atoms with E-state index in [0.717, 1.165) is 12.8 Å². The number of anilines is 3. The molecule has 5 rings (SSSR count). The lowest BCUT2D eigenvalue weighted by Crippen LogP contribution is -2.48. The molecule has 33 heavy (non-hydrogen) atoms. The molecule has 0 radical (unpaired) electrons. The summed E-state index contributed by atoms with van der Waals surface area (Å²) in [4.78, 5) is 30.3. The Balaban J connectivity index is 1.44. The fourth-order valence-corrected chi connectivity index (χ4v) is 4.22. The number of alkyl halides is 1. The van der Waals surface area contributed by atoms with Gasteiger partial charge in [0.1, 0.15) is 29.1 Å². The molecular formula is C22H26FN7O3. The second-order valence-electron chi connectivity index (χ2n) is 8.49. The van der Waals surface area contributed by atoms with E-state index >= 15 is 0 Å². The molecule has 3 heterocycles. The highest BCUT2D eigenvalue weighted by molar-refractivity contribution is 6.00. The van der Waals surface area contributed by atoms with Crippen LogP contribution in [-0.4, -0.2) is 57.5 Å². The minimum atomic E-state index is -1.02. The molecule has 2 aliphatic rings. The predicted octanol–water partition coefficient (Wildman–Crippen LogP) is 2.26. The number of carbonyl (C=O) groups is 1. The number of halogens is 1.